The van der Waals surface area contributed by atoms with Gasteiger partial charge in [-0.2, -0.15) is 0 Å². The lowest BCUT2D eigenvalue weighted by molar-refractivity contribution is 0.187. The molecule has 0 atom stereocenters. The minimum absolute atomic E-state index is 0.498. The number of hydrogen-bond acceptors (Lipinski definition) is 5. The maximum absolute atomic E-state index is 4.97. The summed E-state index contributed by atoms with van der Waals surface area (Å²) >= 11 is 0. The van der Waals surface area contributed by atoms with Crippen molar-refractivity contribution in [1.29, 1.82) is 0 Å². The van der Waals surface area contributed by atoms with E-state index in [1.54, 1.807) is 0 Å². The summed E-state index contributed by atoms with van der Waals surface area (Å²) in [6.45, 7) is 5.79. The molecule has 5 heteroatoms. The van der Waals surface area contributed by atoms with Crippen molar-refractivity contribution in [2.75, 3.05) is 38.0 Å². The van der Waals surface area contributed by atoms with Crippen LogP contribution in [0.4, 0.5) is 5.82 Å². The second-order valence-electron chi connectivity index (χ2n) is 8.48. The summed E-state index contributed by atoms with van der Waals surface area (Å²) in [7, 11) is 0. The summed E-state index contributed by atoms with van der Waals surface area (Å²) in [5, 5.41) is 7.27. The van der Waals surface area contributed by atoms with Gasteiger partial charge in [0.2, 0.25) is 0 Å². The number of hydrogen-bond donors (Lipinski definition) is 2. The first kappa shape index (κ1) is 16.0. The lowest BCUT2D eigenvalue weighted by Gasteiger charge is -2.32. The summed E-state index contributed by atoms with van der Waals surface area (Å²) in [5.41, 5.74) is 3.17. The van der Waals surface area contributed by atoms with Crippen LogP contribution in [0.1, 0.15) is 67.9 Å². The molecule has 5 rings (SSSR count). The van der Waals surface area contributed by atoms with E-state index in [1.165, 1.54) is 69.3 Å². The van der Waals surface area contributed by atoms with Crippen molar-refractivity contribution < 1.29 is 0 Å². The Kier molecular flexibility index (Phi) is 4.17. The number of anilines is 1. The molecule has 5 nitrogen and oxygen atoms in total. The van der Waals surface area contributed by atoms with E-state index in [2.05, 4.69) is 15.5 Å². The van der Waals surface area contributed by atoms with E-state index in [1.807, 2.05) is 0 Å². The van der Waals surface area contributed by atoms with E-state index in [0.29, 0.717) is 11.5 Å². The Morgan fingerprint density at radius 2 is 1.88 bits per heavy atom. The summed E-state index contributed by atoms with van der Waals surface area (Å²) in [5.74, 6) is 2.88. The first-order valence-corrected chi connectivity index (χ1v) is 10.4. The van der Waals surface area contributed by atoms with Crippen LogP contribution < -0.4 is 10.6 Å². The van der Waals surface area contributed by atoms with Gasteiger partial charge in [0.15, 0.2) is 0 Å². The van der Waals surface area contributed by atoms with Gasteiger partial charge in [-0.3, -0.25) is 4.90 Å². The lowest BCUT2D eigenvalue weighted by Crippen LogP contribution is -2.39. The molecular weight excluding hydrogens is 310 g/mol. The Morgan fingerprint density at radius 1 is 1.08 bits per heavy atom. The molecule has 0 aromatic carbocycles. The highest BCUT2D eigenvalue weighted by atomic mass is 15.2. The van der Waals surface area contributed by atoms with Gasteiger partial charge in [0.25, 0.3) is 0 Å². The summed E-state index contributed by atoms with van der Waals surface area (Å²) in [6, 6.07) is 0. The van der Waals surface area contributed by atoms with Crippen LogP contribution in [0.2, 0.25) is 0 Å². The molecular formula is C20H31N5. The van der Waals surface area contributed by atoms with E-state index in [-0.39, 0.29) is 0 Å². The highest BCUT2D eigenvalue weighted by molar-refractivity contribution is 5.48. The number of nitrogens with zero attached hydrogens (tertiary/aromatic N) is 3. The van der Waals surface area contributed by atoms with Gasteiger partial charge in [0.1, 0.15) is 11.6 Å². The minimum atomic E-state index is 0.498. The fourth-order valence-electron chi connectivity index (χ4n) is 5.28. The van der Waals surface area contributed by atoms with E-state index in [0.717, 1.165) is 44.1 Å². The molecule has 3 aliphatic heterocycles. The van der Waals surface area contributed by atoms with Gasteiger partial charge < -0.3 is 10.6 Å². The Hall–Kier alpha value is -1.20. The average molecular weight is 342 g/mol. The van der Waals surface area contributed by atoms with Crippen molar-refractivity contribution in [3.8, 4) is 0 Å². The van der Waals surface area contributed by atoms with Gasteiger partial charge in [-0.25, -0.2) is 9.97 Å². The van der Waals surface area contributed by atoms with Crippen molar-refractivity contribution in [2.24, 2.45) is 0 Å². The van der Waals surface area contributed by atoms with Crippen LogP contribution in [0.25, 0.3) is 0 Å². The smallest absolute Gasteiger partial charge is 0.134 e. The van der Waals surface area contributed by atoms with Crippen LogP contribution in [-0.4, -0.2) is 53.1 Å². The summed E-state index contributed by atoms with van der Waals surface area (Å²) in [6.07, 6.45) is 11.5. The molecule has 3 fully saturated rings. The molecule has 1 aromatic heterocycles. The molecule has 136 valence electrons. The van der Waals surface area contributed by atoms with Gasteiger partial charge in [-0.1, -0.05) is 0 Å². The third kappa shape index (κ3) is 3.06. The van der Waals surface area contributed by atoms with Gasteiger partial charge in [-0.15, -0.1) is 0 Å². The molecule has 1 saturated carbocycles. The van der Waals surface area contributed by atoms with Gasteiger partial charge >= 0.3 is 0 Å². The molecule has 1 aliphatic carbocycles. The average Bonchev–Trinajstić information content (AvgIpc) is 3.33. The Bertz CT molecular complexity index is 629. The fraction of sp³-hybridized carbons (Fsp3) is 0.800. The molecule has 25 heavy (non-hydrogen) atoms. The molecule has 4 aliphatic rings. The second kappa shape index (κ2) is 6.51. The van der Waals surface area contributed by atoms with Gasteiger partial charge in [-0.05, 0) is 71.0 Å². The number of aromatic nitrogens is 2. The SMILES string of the molecule is C1CN2CCCC2(CCNc2nc(C3CC3)nc3c2CCNCC3)C1. The van der Waals surface area contributed by atoms with Gasteiger partial charge in [0.05, 0.1) is 5.69 Å². The summed E-state index contributed by atoms with van der Waals surface area (Å²) < 4.78 is 0. The highest BCUT2D eigenvalue weighted by Crippen LogP contribution is 2.42. The zero-order chi connectivity index (χ0) is 16.7. The van der Waals surface area contributed by atoms with E-state index < -0.39 is 0 Å². The van der Waals surface area contributed by atoms with E-state index in [4.69, 9.17) is 9.97 Å². The molecule has 2 N–H and O–H groups in total. The zero-order valence-corrected chi connectivity index (χ0v) is 15.3. The van der Waals surface area contributed by atoms with Crippen LogP contribution in [-0.2, 0) is 12.8 Å². The van der Waals surface area contributed by atoms with Crippen LogP contribution in [0.15, 0.2) is 0 Å². The maximum Gasteiger partial charge on any atom is 0.134 e. The molecule has 4 heterocycles. The third-order valence-corrected chi connectivity index (χ3v) is 6.84. The first-order chi connectivity index (χ1) is 12.3. The van der Waals surface area contributed by atoms with Crippen molar-refractivity contribution in [2.45, 2.75) is 69.2 Å². The molecule has 0 unspecified atom stereocenters. The van der Waals surface area contributed by atoms with Crippen molar-refractivity contribution in [1.82, 2.24) is 20.2 Å². The molecule has 2 saturated heterocycles. The zero-order valence-electron chi connectivity index (χ0n) is 15.3. The second-order valence-corrected chi connectivity index (χ2v) is 8.48. The van der Waals surface area contributed by atoms with Crippen LogP contribution in [0.5, 0.6) is 0 Å². The quantitative estimate of drug-likeness (QED) is 0.862. The van der Waals surface area contributed by atoms with Gasteiger partial charge in [0, 0.05) is 36.5 Å². The van der Waals surface area contributed by atoms with Crippen LogP contribution >= 0.6 is 0 Å². The summed E-state index contributed by atoms with van der Waals surface area (Å²) in [4.78, 5) is 12.7. The molecule has 0 amide bonds. The third-order valence-electron chi connectivity index (χ3n) is 6.84. The molecule has 0 radical (unpaired) electrons. The van der Waals surface area contributed by atoms with Crippen molar-refractivity contribution in [3.05, 3.63) is 17.1 Å². The predicted molar refractivity (Wildman–Crippen MR) is 100 cm³/mol. The van der Waals surface area contributed by atoms with Crippen molar-refractivity contribution in [3.63, 3.8) is 0 Å². The standard InChI is InChI=1S/C20H31N5/c1-7-20(8-2-14-25(20)13-1)9-12-22-19-16-5-10-21-11-6-17(16)23-18(24-19)15-3-4-15/h15,21H,1-14H2,(H,22,23,24). The Labute approximate surface area is 151 Å². The highest BCUT2D eigenvalue weighted by Gasteiger charge is 2.43. The maximum atomic E-state index is 4.97. The molecule has 0 spiro atoms. The van der Waals surface area contributed by atoms with Crippen molar-refractivity contribution >= 4 is 5.82 Å². The van der Waals surface area contributed by atoms with Crippen LogP contribution in [0, 0.1) is 0 Å². The normalized spacial score (nSPS) is 25.4. The molecule has 0 bridgehead atoms. The van der Waals surface area contributed by atoms with E-state index >= 15 is 0 Å². The van der Waals surface area contributed by atoms with E-state index in [9.17, 15) is 0 Å². The minimum Gasteiger partial charge on any atom is -0.370 e. The largest absolute Gasteiger partial charge is 0.370 e. The Balaban J connectivity index is 1.33. The fourth-order valence-corrected chi connectivity index (χ4v) is 5.28. The number of fused-ring (bicyclic) bond motifs is 2. The topological polar surface area (TPSA) is 53.1 Å². The molecule has 1 aromatic rings. The Morgan fingerprint density at radius 3 is 2.68 bits per heavy atom. The first-order valence-electron chi connectivity index (χ1n) is 10.4. The lowest BCUT2D eigenvalue weighted by atomic mass is 9.90. The predicted octanol–water partition coefficient (Wildman–Crippen LogP) is 2.47. The number of rotatable bonds is 5. The van der Waals surface area contributed by atoms with Crippen LogP contribution in [0.3, 0.4) is 0 Å². The number of nitrogens with one attached hydrogen (secondary N) is 2. The monoisotopic (exact) mass is 341 g/mol.